The molecule has 0 heterocycles. The lowest BCUT2D eigenvalue weighted by Gasteiger charge is -2.31. The number of aliphatic carboxylic acids is 1. The summed E-state index contributed by atoms with van der Waals surface area (Å²) in [6.45, 7) is 2.05. The Morgan fingerprint density at radius 1 is 1.24 bits per heavy atom. The zero-order chi connectivity index (χ0) is 15.6. The molecule has 0 radical (unpaired) electrons. The molecule has 21 heavy (non-hydrogen) atoms. The van der Waals surface area contributed by atoms with Crippen LogP contribution in [0.25, 0.3) is 0 Å². The molecular formula is C15H20O5S. The monoisotopic (exact) mass is 312 g/mol. The summed E-state index contributed by atoms with van der Waals surface area (Å²) in [7, 11) is -4.21. The standard InChI is InChI=1S/C15H20O5S/c1-2-10-3-4-11(5-8-15(16)17)13-7-6-12(9-14(10)13)21(18,19)20/h6-7,9-11H,2-5,8H2,1H3,(H,16,17)(H,18,19,20). The zero-order valence-corrected chi connectivity index (χ0v) is 12.8. The molecular weight excluding hydrogens is 292 g/mol. The number of hydrogen-bond donors (Lipinski definition) is 2. The smallest absolute Gasteiger partial charge is 0.303 e. The molecule has 2 N–H and O–H groups in total. The lowest BCUT2D eigenvalue weighted by Crippen LogP contribution is -2.16. The average molecular weight is 312 g/mol. The van der Waals surface area contributed by atoms with Crippen molar-refractivity contribution < 1.29 is 22.9 Å². The van der Waals surface area contributed by atoms with Gasteiger partial charge in [-0.1, -0.05) is 13.0 Å². The van der Waals surface area contributed by atoms with Crippen molar-refractivity contribution in [3.8, 4) is 0 Å². The minimum Gasteiger partial charge on any atom is -0.481 e. The first-order valence-corrected chi connectivity index (χ1v) is 8.60. The maximum atomic E-state index is 11.3. The Hall–Kier alpha value is -1.40. The molecule has 0 aromatic heterocycles. The van der Waals surface area contributed by atoms with E-state index < -0.39 is 16.1 Å². The second-order valence-corrected chi connectivity index (χ2v) is 7.00. The van der Waals surface area contributed by atoms with Crippen molar-refractivity contribution >= 4 is 16.1 Å². The quantitative estimate of drug-likeness (QED) is 0.815. The molecule has 1 aliphatic carbocycles. The van der Waals surface area contributed by atoms with Gasteiger partial charge in [0.25, 0.3) is 10.1 Å². The molecule has 1 aromatic rings. The Bertz CT molecular complexity index is 635. The van der Waals surface area contributed by atoms with Crippen molar-refractivity contribution in [3.05, 3.63) is 29.3 Å². The molecule has 0 saturated heterocycles. The van der Waals surface area contributed by atoms with E-state index in [1.54, 1.807) is 12.1 Å². The summed E-state index contributed by atoms with van der Waals surface area (Å²) < 4.78 is 31.8. The summed E-state index contributed by atoms with van der Waals surface area (Å²) in [5.74, 6) is -0.402. The number of carboxylic acid groups (broad SMARTS) is 1. The third-order valence-corrected chi connectivity index (χ3v) is 5.15. The summed E-state index contributed by atoms with van der Waals surface area (Å²) >= 11 is 0. The molecule has 0 amide bonds. The normalized spacial score (nSPS) is 21.8. The first-order valence-electron chi connectivity index (χ1n) is 7.16. The number of hydrogen-bond acceptors (Lipinski definition) is 3. The predicted octanol–water partition coefficient (Wildman–Crippen LogP) is 3.17. The van der Waals surface area contributed by atoms with E-state index in [-0.39, 0.29) is 23.2 Å². The third-order valence-electron chi connectivity index (χ3n) is 4.30. The summed E-state index contributed by atoms with van der Waals surface area (Å²) in [4.78, 5) is 10.7. The van der Waals surface area contributed by atoms with Crippen LogP contribution in [0.5, 0.6) is 0 Å². The molecule has 2 rings (SSSR count). The maximum absolute atomic E-state index is 11.3. The summed E-state index contributed by atoms with van der Waals surface area (Å²) in [5, 5.41) is 8.83. The first-order chi connectivity index (χ1) is 9.82. The van der Waals surface area contributed by atoms with E-state index in [1.165, 1.54) is 6.07 Å². The summed E-state index contributed by atoms with van der Waals surface area (Å²) in [6.07, 6.45) is 3.41. The van der Waals surface area contributed by atoms with Crippen molar-refractivity contribution in [1.82, 2.24) is 0 Å². The molecule has 0 spiro atoms. The highest BCUT2D eigenvalue weighted by molar-refractivity contribution is 7.85. The molecule has 0 bridgehead atoms. The Morgan fingerprint density at radius 3 is 2.48 bits per heavy atom. The van der Waals surface area contributed by atoms with Gasteiger partial charge in [-0.25, -0.2) is 0 Å². The molecule has 6 heteroatoms. The maximum Gasteiger partial charge on any atom is 0.303 e. The van der Waals surface area contributed by atoms with Gasteiger partial charge in [0.15, 0.2) is 0 Å². The van der Waals surface area contributed by atoms with Gasteiger partial charge in [0, 0.05) is 6.42 Å². The molecule has 2 atom stereocenters. The Morgan fingerprint density at radius 2 is 1.90 bits per heavy atom. The lowest BCUT2D eigenvalue weighted by molar-refractivity contribution is -0.137. The van der Waals surface area contributed by atoms with Crippen LogP contribution in [0.4, 0.5) is 0 Å². The van der Waals surface area contributed by atoms with Gasteiger partial charge in [-0.3, -0.25) is 9.35 Å². The molecule has 1 aliphatic rings. The van der Waals surface area contributed by atoms with E-state index in [1.807, 2.05) is 6.92 Å². The molecule has 0 aliphatic heterocycles. The molecule has 5 nitrogen and oxygen atoms in total. The molecule has 116 valence electrons. The summed E-state index contributed by atoms with van der Waals surface area (Å²) in [5.41, 5.74) is 1.97. The van der Waals surface area contributed by atoms with Gasteiger partial charge in [-0.15, -0.1) is 0 Å². The van der Waals surface area contributed by atoms with Gasteiger partial charge in [-0.2, -0.15) is 8.42 Å². The zero-order valence-electron chi connectivity index (χ0n) is 11.9. The highest BCUT2D eigenvalue weighted by Gasteiger charge is 2.28. The second-order valence-electron chi connectivity index (χ2n) is 5.58. The van der Waals surface area contributed by atoms with Crippen LogP contribution < -0.4 is 0 Å². The predicted molar refractivity (Wildman–Crippen MR) is 78.1 cm³/mol. The average Bonchev–Trinajstić information content (AvgIpc) is 2.42. The topological polar surface area (TPSA) is 91.7 Å². The van der Waals surface area contributed by atoms with E-state index in [0.29, 0.717) is 6.42 Å². The van der Waals surface area contributed by atoms with Crippen LogP contribution in [0.1, 0.15) is 62.0 Å². The number of benzene rings is 1. The van der Waals surface area contributed by atoms with Gasteiger partial charge in [0.05, 0.1) is 4.90 Å². The number of fused-ring (bicyclic) bond motifs is 1. The Labute approximate surface area is 124 Å². The van der Waals surface area contributed by atoms with Crippen LogP contribution in [-0.4, -0.2) is 24.0 Å². The van der Waals surface area contributed by atoms with E-state index in [0.717, 1.165) is 30.4 Å². The fourth-order valence-corrected chi connectivity index (χ4v) is 3.69. The van der Waals surface area contributed by atoms with Crippen molar-refractivity contribution in [3.63, 3.8) is 0 Å². The fraction of sp³-hybridized carbons (Fsp3) is 0.533. The highest BCUT2D eigenvalue weighted by atomic mass is 32.2. The minimum absolute atomic E-state index is 0.0846. The van der Waals surface area contributed by atoms with Crippen LogP contribution >= 0.6 is 0 Å². The van der Waals surface area contributed by atoms with Crippen LogP contribution in [0.15, 0.2) is 23.1 Å². The van der Waals surface area contributed by atoms with Crippen molar-refractivity contribution in [2.45, 2.75) is 55.8 Å². The van der Waals surface area contributed by atoms with Crippen LogP contribution in [0.2, 0.25) is 0 Å². The number of rotatable bonds is 5. The molecule has 0 fully saturated rings. The van der Waals surface area contributed by atoms with Gasteiger partial charge in [0.2, 0.25) is 0 Å². The fourth-order valence-electron chi connectivity index (χ4n) is 3.17. The van der Waals surface area contributed by atoms with Crippen molar-refractivity contribution in [2.75, 3.05) is 0 Å². The first kappa shape index (κ1) is 16.0. The second kappa shape index (κ2) is 6.15. The van der Waals surface area contributed by atoms with Gasteiger partial charge in [-0.05, 0) is 60.8 Å². The number of carboxylic acids is 1. The third kappa shape index (κ3) is 3.63. The number of carbonyl (C=O) groups is 1. The molecule has 0 saturated carbocycles. The summed E-state index contributed by atoms with van der Waals surface area (Å²) in [6, 6.07) is 4.68. The lowest BCUT2D eigenvalue weighted by atomic mass is 9.74. The van der Waals surface area contributed by atoms with Crippen LogP contribution in [-0.2, 0) is 14.9 Å². The van der Waals surface area contributed by atoms with Crippen LogP contribution in [0, 0.1) is 0 Å². The van der Waals surface area contributed by atoms with E-state index in [4.69, 9.17) is 5.11 Å². The van der Waals surface area contributed by atoms with Gasteiger partial charge in [0.1, 0.15) is 0 Å². The Kier molecular flexibility index (Phi) is 4.68. The van der Waals surface area contributed by atoms with E-state index in [9.17, 15) is 17.8 Å². The van der Waals surface area contributed by atoms with Crippen LogP contribution in [0.3, 0.4) is 0 Å². The van der Waals surface area contributed by atoms with Gasteiger partial charge < -0.3 is 5.11 Å². The van der Waals surface area contributed by atoms with Crippen molar-refractivity contribution in [1.29, 1.82) is 0 Å². The molecule has 1 aromatic carbocycles. The largest absolute Gasteiger partial charge is 0.481 e. The minimum atomic E-state index is -4.21. The van der Waals surface area contributed by atoms with Crippen molar-refractivity contribution in [2.24, 2.45) is 0 Å². The highest BCUT2D eigenvalue weighted by Crippen LogP contribution is 2.43. The molecule has 2 unspecified atom stereocenters. The Balaban J connectivity index is 2.39. The van der Waals surface area contributed by atoms with Gasteiger partial charge >= 0.3 is 5.97 Å². The van der Waals surface area contributed by atoms with E-state index in [2.05, 4.69) is 0 Å². The SMILES string of the molecule is CCC1CCC(CCC(=O)O)c2ccc(S(=O)(=O)O)cc21. The van der Waals surface area contributed by atoms with E-state index >= 15 is 0 Å².